The zero-order valence-corrected chi connectivity index (χ0v) is 14.3. The van der Waals surface area contributed by atoms with Crippen LogP contribution in [0.15, 0.2) is 24.5 Å². The standard InChI is InChI=1S/C18H28N4O2/c23-18-14-22(16-3-11-24-12-4-16)13-17(18)21-9-7-20(8-10-21)15-1-5-19-6-2-15/h1-2,5-6,16-18,23H,3-4,7-14H2. The number of anilines is 1. The quantitative estimate of drug-likeness (QED) is 0.866. The van der Waals surface area contributed by atoms with Gasteiger partial charge in [-0.05, 0) is 25.0 Å². The molecule has 0 aromatic carbocycles. The van der Waals surface area contributed by atoms with E-state index in [2.05, 4.69) is 31.8 Å². The van der Waals surface area contributed by atoms with Gasteiger partial charge in [0.1, 0.15) is 0 Å². The molecule has 4 heterocycles. The number of hydrogen-bond acceptors (Lipinski definition) is 6. The number of aromatic nitrogens is 1. The monoisotopic (exact) mass is 332 g/mol. The van der Waals surface area contributed by atoms with Crippen LogP contribution >= 0.6 is 0 Å². The maximum absolute atomic E-state index is 10.6. The maximum atomic E-state index is 10.6. The highest BCUT2D eigenvalue weighted by Crippen LogP contribution is 2.25. The molecule has 0 spiro atoms. The van der Waals surface area contributed by atoms with Gasteiger partial charge in [-0.1, -0.05) is 0 Å². The van der Waals surface area contributed by atoms with Gasteiger partial charge in [0.2, 0.25) is 0 Å². The van der Waals surface area contributed by atoms with Crippen LogP contribution in [-0.4, -0.2) is 90.6 Å². The zero-order valence-electron chi connectivity index (χ0n) is 14.3. The van der Waals surface area contributed by atoms with E-state index in [0.717, 1.165) is 65.3 Å². The Morgan fingerprint density at radius 2 is 1.67 bits per heavy atom. The molecule has 3 aliphatic rings. The van der Waals surface area contributed by atoms with Crippen molar-refractivity contribution in [2.24, 2.45) is 0 Å². The van der Waals surface area contributed by atoms with Crippen molar-refractivity contribution >= 4 is 5.69 Å². The Morgan fingerprint density at radius 1 is 0.958 bits per heavy atom. The highest BCUT2D eigenvalue weighted by Gasteiger charge is 2.39. The number of pyridine rings is 1. The second kappa shape index (κ2) is 7.35. The average Bonchev–Trinajstić information content (AvgIpc) is 3.05. The van der Waals surface area contributed by atoms with Gasteiger partial charge in [0.25, 0.3) is 0 Å². The summed E-state index contributed by atoms with van der Waals surface area (Å²) in [5, 5.41) is 10.6. The Hall–Kier alpha value is -1.21. The van der Waals surface area contributed by atoms with Crippen molar-refractivity contribution in [2.45, 2.75) is 31.0 Å². The van der Waals surface area contributed by atoms with E-state index < -0.39 is 0 Å². The minimum Gasteiger partial charge on any atom is -0.390 e. The fourth-order valence-corrected chi connectivity index (χ4v) is 4.37. The fraction of sp³-hybridized carbons (Fsp3) is 0.722. The molecule has 0 saturated carbocycles. The molecule has 0 radical (unpaired) electrons. The molecule has 1 aromatic heterocycles. The molecule has 3 aliphatic heterocycles. The Kier molecular flexibility index (Phi) is 4.98. The summed E-state index contributed by atoms with van der Waals surface area (Å²) in [5.41, 5.74) is 1.25. The molecule has 0 bridgehead atoms. The van der Waals surface area contributed by atoms with Crippen molar-refractivity contribution < 1.29 is 9.84 Å². The van der Waals surface area contributed by atoms with E-state index >= 15 is 0 Å². The van der Waals surface area contributed by atoms with Crippen LogP contribution in [0, 0.1) is 0 Å². The van der Waals surface area contributed by atoms with Crippen molar-refractivity contribution in [3.8, 4) is 0 Å². The molecule has 0 amide bonds. The number of nitrogens with zero attached hydrogens (tertiary/aromatic N) is 4. The molecule has 1 N–H and O–H groups in total. The third-order valence-electron chi connectivity index (χ3n) is 5.81. The first kappa shape index (κ1) is 16.3. The van der Waals surface area contributed by atoms with Crippen molar-refractivity contribution in [1.29, 1.82) is 0 Å². The van der Waals surface area contributed by atoms with E-state index in [1.807, 2.05) is 12.4 Å². The first-order chi connectivity index (χ1) is 11.8. The van der Waals surface area contributed by atoms with Gasteiger partial charge in [-0.3, -0.25) is 14.8 Å². The molecule has 24 heavy (non-hydrogen) atoms. The average molecular weight is 332 g/mol. The first-order valence-corrected chi connectivity index (χ1v) is 9.20. The largest absolute Gasteiger partial charge is 0.390 e. The number of β-amino-alcohol motifs (C(OH)–C–C–N with tert-alkyl or cyclic N) is 1. The van der Waals surface area contributed by atoms with Crippen LogP contribution in [0.5, 0.6) is 0 Å². The molecule has 0 aliphatic carbocycles. The highest BCUT2D eigenvalue weighted by molar-refractivity contribution is 5.45. The fourth-order valence-electron chi connectivity index (χ4n) is 4.37. The molecule has 132 valence electrons. The van der Waals surface area contributed by atoms with Crippen LogP contribution in [-0.2, 0) is 4.74 Å². The van der Waals surface area contributed by atoms with Gasteiger partial charge in [-0.15, -0.1) is 0 Å². The normalized spacial score (nSPS) is 30.8. The SMILES string of the molecule is OC1CN(C2CCOCC2)CC1N1CCN(c2ccncc2)CC1. The topological polar surface area (TPSA) is 52.1 Å². The predicted octanol–water partition coefficient (Wildman–Crippen LogP) is 0.428. The van der Waals surface area contributed by atoms with Crippen LogP contribution in [0.2, 0.25) is 0 Å². The summed E-state index contributed by atoms with van der Waals surface area (Å²) >= 11 is 0. The molecule has 4 rings (SSSR count). The summed E-state index contributed by atoms with van der Waals surface area (Å²) in [7, 11) is 0. The molecule has 2 atom stereocenters. The summed E-state index contributed by atoms with van der Waals surface area (Å²) in [5.74, 6) is 0. The maximum Gasteiger partial charge on any atom is 0.0834 e. The Morgan fingerprint density at radius 3 is 2.38 bits per heavy atom. The van der Waals surface area contributed by atoms with Crippen LogP contribution < -0.4 is 4.90 Å². The molecule has 2 unspecified atom stereocenters. The van der Waals surface area contributed by atoms with Crippen molar-refractivity contribution in [2.75, 3.05) is 57.4 Å². The smallest absolute Gasteiger partial charge is 0.0834 e. The van der Waals surface area contributed by atoms with Crippen LogP contribution in [0.3, 0.4) is 0 Å². The first-order valence-electron chi connectivity index (χ1n) is 9.20. The molecular formula is C18H28N4O2. The number of hydrogen-bond donors (Lipinski definition) is 1. The van der Waals surface area contributed by atoms with Crippen molar-refractivity contribution in [3.05, 3.63) is 24.5 Å². The lowest BCUT2D eigenvalue weighted by Crippen LogP contribution is -2.54. The van der Waals surface area contributed by atoms with Gasteiger partial charge in [0.15, 0.2) is 0 Å². The molecule has 3 saturated heterocycles. The van der Waals surface area contributed by atoms with Gasteiger partial charge >= 0.3 is 0 Å². The number of ether oxygens (including phenoxy) is 1. The summed E-state index contributed by atoms with van der Waals surface area (Å²) in [6.07, 6.45) is 5.70. The minimum absolute atomic E-state index is 0.222. The van der Waals surface area contributed by atoms with Crippen LogP contribution in [0.25, 0.3) is 0 Å². The number of aliphatic hydroxyl groups is 1. The van der Waals surface area contributed by atoms with Crippen LogP contribution in [0.1, 0.15) is 12.8 Å². The van der Waals surface area contributed by atoms with Crippen molar-refractivity contribution in [3.63, 3.8) is 0 Å². The summed E-state index contributed by atoms with van der Waals surface area (Å²) in [6, 6.07) is 5.03. The highest BCUT2D eigenvalue weighted by atomic mass is 16.5. The minimum atomic E-state index is -0.222. The second-order valence-corrected chi connectivity index (χ2v) is 7.16. The Bertz CT molecular complexity index is 515. The van der Waals surface area contributed by atoms with Gasteiger partial charge in [0, 0.05) is 82.6 Å². The number of rotatable bonds is 3. The van der Waals surface area contributed by atoms with Gasteiger partial charge in [-0.25, -0.2) is 0 Å². The molecule has 3 fully saturated rings. The third-order valence-corrected chi connectivity index (χ3v) is 5.81. The van der Waals surface area contributed by atoms with E-state index in [9.17, 15) is 5.11 Å². The summed E-state index contributed by atoms with van der Waals surface area (Å²) in [6.45, 7) is 7.63. The van der Waals surface area contributed by atoms with Gasteiger partial charge in [-0.2, -0.15) is 0 Å². The summed E-state index contributed by atoms with van der Waals surface area (Å²) in [4.78, 5) is 11.5. The summed E-state index contributed by atoms with van der Waals surface area (Å²) < 4.78 is 5.47. The Labute approximate surface area is 144 Å². The lowest BCUT2D eigenvalue weighted by Gasteiger charge is -2.40. The van der Waals surface area contributed by atoms with E-state index in [1.54, 1.807) is 0 Å². The molecule has 1 aromatic rings. The van der Waals surface area contributed by atoms with Gasteiger partial charge in [0.05, 0.1) is 6.10 Å². The van der Waals surface area contributed by atoms with Crippen LogP contribution in [0.4, 0.5) is 5.69 Å². The number of piperazine rings is 1. The number of aliphatic hydroxyl groups excluding tert-OH is 1. The van der Waals surface area contributed by atoms with E-state index in [0.29, 0.717) is 6.04 Å². The Balaban J connectivity index is 1.32. The molecule has 6 nitrogen and oxygen atoms in total. The van der Waals surface area contributed by atoms with E-state index in [-0.39, 0.29) is 12.1 Å². The van der Waals surface area contributed by atoms with Gasteiger partial charge < -0.3 is 14.7 Å². The zero-order chi connectivity index (χ0) is 16.4. The predicted molar refractivity (Wildman–Crippen MR) is 93.2 cm³/mol. The molecule has 6 heteroatoms. The van der Waals surface area contributed by atoms with Crippen molar-refractivity contribution in [1.82, 2.24) is 14.8 Å². The number of likely N-dealkylation sites (tertiary alicyclic amines) is 1. The molecular weight excluding hydrogens is 304 g/mol. The van der Waals surface area contributed by atoms with E-state index in [4.69, 9.17) is 4.74 Å². The van der Waals surface area contributed by atoms with E-state index in [1.165, 1.54) is 5.69 Å². The second-order valence-electron chi connectivity index (χ2n) is 7.16. The lowest BCUT2D eigenvalue weighted by molar-refractivity contribution is 0.0376. The third kappa shape index (κ3) is 3.42. The lowest BCUT2D eigenvalue weighted by atomic mass is 10.1.